The highest BCUT2D eigenvalue weighted by molar-refractivity contribution is 5.73. The molecule has 4 heteroatoms. The molecule has 0 saturated heterocycles. The normalized spacial score (nSPS) is 11.0. The van der Waals surface area contributed by atoms with Crippen LogP contribution in [0.4, 0.5) is 0 Å². The van der Waals surface area contributed by atoms with Gasteiger partial charge >= 0.3 is 5.97 Å². The standard InChI is InChI=1S/C25H49NO3/c26-24(27)22-20-18-16-14-12-10-8-6-4-2-1-3-5-7-9-11-13-15-17-19-21-23-25(28)29/h1-23H2,(H2,26,27)(H,28,29). The van der Waals surface area contributed by atoms with Crippen LogP contribution < -0.4 is 5.73 Å². The second-order valence-electron chi connectivity index (χ2n) is 8.78. The summed E-state index contributed by atoms with van der Waals surface area (Å²) in [7, 11) is 0. The number of rotatable bonds is 24. The number of carbonyl (C=O) groups is 2. The Labute approximate surface area is 180 Å². The molecule has 4 nitrogen and oxygen atoms in total. The Morgan fingerprint density at radius 2 is 0.621 bits per heavy atom. The van der Waals surface area contributed by atoms with Crippen LogP contribution in [0.5, 0.6) is 0 Å². The van der Waals surface area contributed by atoms with E-state index in [1.165, 1.54) is 109 Å². The van der Waals surface area contributed by atoms with Crippen molar-refractivity contribution in [2.24, 2.45) is 5.73 Å². The molecule has 0 aliphatic rings. The highest BCUT2D eigenvalue weighted by Crippen LogP contribution is 2.15. The van der Waals surface area contributed by atoms with Crippen LogP contribution >= 0.6 is 0 Å². The van der Waals surface area contributed by atoms with Crippen molar-refractivity contribution < 1.29 is 14.7 Å². The molecule has 3 N–H and O–H groups in total. The molecule has 0 radical (unpaired) electrons. The fraction of sp³-hybridized carbons (Fsp3) is 0.920. The number of hydrogen-bond donors (Lipinski definition) is 2. The minimum atomic E-state index is -0.661. The fourth-order valence-corrected chi connectivity index (χ4v) is 3.93. The second kappa shape index (κ2) is 23.2. The van der Waals surface area contributed by atoms with Gasteiger partial charge in [-0.05, 0) is 12.8 Å². The van der Waals surface area contributed by atoms with Gasteiger partial charge in [0.1, 0.15) is 0 Å². The summed E-state index contributed by atoms with van der Waals surface area (Å²) in [6.07, 6.45) is 27.9. The molecule has 172 valence electrons. The Balaban J connectivity index is 3.01. The number of carbonyl (C=O) groups excluding carboxylic acids is 1. The molecule has 29 heavy (non-hydrogen) atoms. The molecule has 0 atom stereocenters. The molecule has 0 saturated carbocycles. The zero-order valence-electron chi connectivity index (χ0n) is 19.1. The van der Waals surface area contributed by atoms with E-state index in [0.29, 0.717) is 12.8 Å². The monoisotopic (exact) mass is 411 g/mol. The molecule has 0 aromatic carbocycles. The van der Waals surface area contributed by atoms with Gasteiger partial charge in [-0.15, -0.1) is 0 Å². The number of aliphatic carboxylic acids is 1. The molecule has 0 aromatic rings. The molecule has 0 spiro atoms. The third kappa shape index (κ3) is 26.9. The Hall–Kier alpha value is -1.06. The van der Waals surface area contributed by atoms with Crippen LogP contribution in [0.2, 0.25) is 0 Å². The average Bonchev–Trinajstić information content (AvgIpc) is 2.68. The van der Waals surface area contributed by atoms with E-state index in [0.717, 1.165) is 25.7 Å². The number of primary amides is 1. The lowest BCUT2D eigenvalue weighted by molar-refractivity contribution is -0.137. The van der Waals surface area contributed by atoms with Crippen LogP contribution in [0, 0.1) is 0 Å². The Kier molecular flexibility index (Phi) is 22.4. The summed E-state index contributed by atoms with van der Waals surface area (Å²) in [5.41, 5.74) is 5.14. The van der Waals surface area contributed by atoms with Crippen molar-refractivity contribution in [3.63, 3.8) is 0 Å². The molecule has 0 unspecified atom stereocenters. The third-order valence-electron chi connectivity index (χ3n) is 5.81. The molecule has 0 heterocycles. The van der Waals surface area contributed by atoms with E-state index in [2.05, 4.69) is 0 Å². The molecule has 0 bridgehead atoms. The first-order valence-corrected chi connectivity index (χ1v) is 12.6. The fourth-order valence-electron chi connectivity index (χ4n) is 3.93. The van der Waals surface area contributed by atoms with Crippen LogP contribution in [0.1, 0.15) is 148 Å². The lowest BCUT2D eigenvalue weighted by Crippen LogP contribution is -2.09. The van der Waals surface area contributed by atoms with Gasteiger partial charge in [0.25, 0.3) is 0 Å². The van der Waals surface area contributed by atoms with E-state index < -0.39 is 5.97 Å². The smallest absolute Gasteiger partial charge is 0.303 e. The van der Waals surface area contributed by atoms with Crippen LogP contribution in [0.25, 0.3) is 0 Å². The molecule has 0 aliphatic heterocycles. The molecule has 0 fully saturated rings. The maximum Gasteiger partial charge on any atom is 0.303 e. The van der Waals surface area contributed by atoms with Crippen molar-refractivity contribution in [2.45, 2.75) is 148 Å². The number of carboxylic acid groups (broad SMARTS) is 1. The first-order chi connectivity index (χ1) is 14.1. The summed E-state index contributed by atoms with van der Waals surface area (Å²) in [4.78, 5) is 21.0. The van der Waals surface area contributed by atoms with Gasteiger partial charge in [-0.25, -0.2) is 0 Å². The Morgan fingerprint density at radius 3 is 0.828 bits per heavy atom. The van der Waals surface area contributed by atoms with E-state index in [4.69, 9.17) is 10.8 Å². The maximum atomic E-state index is 10.6. The SMILES string of the molecule is NC(=O)CCCCCCCCCCCCCCCCCCCCCCCC(=O)O. The van der Waals surface area contributed by atoms with Crippen molar-refractivity contribution in [3.8, 4) is 0 Å². The van der Waals surface area contributed by atoms with Crippen LogP contribution in [0.3, 0.4) is 0 Å². The van der Waals surface area contributed by atoms with Crippen molar-refractivity contribution in [3.05, 3.63) is 0 Å². The molecule has 0 rings (SSSR count). The van der Waals surface area contributed by atoms with Gasteiger partial charge in [-0.3, -0.25) is 9.59 Å². The lowest BCUT2D eigenvalue weighted by atomic mass is 10.0. The molecular formula is C25H49NO3. The van der Waals surface area contributed by atoms with Crippen LogP contribution in [-0.2, 0) is 9.59 Å². The first kappa shape index (κ1) is 27.9. The summed E-state index contributed by atoms with van der Waals surface area (Å²) >= 11 is 0. The number of hydrogen-bond acceptors (Lipinski definition) is 2. The zero-order valence-corrected chi connectivity index (χ0v) is 19.1. The van der Waals surface area contributed by atoms with Gasteiger partial charge in [0.15, 0.2) is 0 Å². The zero-order chi connectivity index (χ0) is 21.4. The Bertz CT molecular complexity index is 337. The van der Waals surface area contributed by atoms with Gasteiger partial charge in [0.2, 0.25) is 5.91 Å². The van der Waals surface area contributed by atoms with Crippen molar-refractivity contribution >= 4 is 11.9 Å². The minimum absolute atomic E-state index is 0.164. The quantitative estimate of drug-likeness (QED) is 0.161. The van der Waals surface area contributed by atoms with Gasteiger partial charge in [0, 0.05) is 12.8 Å². The largest absolute Gasteiger partial charge is 0.481 e. The highest BCUT2D eigenvalue weighted by Gasteiger charge is 1.98. The van der Waals surface area contributed by atoms with E-state index >= 15 is 0 Å². The first-order valence-electron chi connectivity index (χ1n) is 12.6. The predicted molar refractivity (Wildman–Crippen MR) is 123 cm³/mol. The molecule has 0 aliphatic carbocycles. The average molecular weight is 412 g/mol. The molecule has 1 amide bonds. The van der Waals surface area contributed by atoms with Crippen molar-refractivity contribution in [1.82, 2.24) is 0 Å². The third-order valence-corrected chi connectivity index (χ3v) is 5.81. The summed E-state index contributed by atoms with van der Waals surface area (Å²) in [5, 5.41) is 8.58. The van der Waals surface area contributed by atoms with E-state index in [1.54, 1.807) is 0 Å². The molecular weight excluding hydrogens is 362 g/mol. The number of amides is 1. The predicted octanol–water partition coefficient (Wildman–Crippen LogP) is 7.53. The van der Waals surface area contributed by atoms with Gasteiger partial charge in [-0.1, -0.05) is 122 Å². The van der Waals surface area contributed by atoms with E-state index in [9.17, 15) is 9.59 Å². The second-order valence-corrected chi connectivity index (χ2v) is 8.78. The Morgan fingerprint density at radius 1 is 0.414 bits per heavy atom. The summed E-state index contributed by atoms with van der Waals surface area (Å²) in [5.74, 6) is -0.824. The van der Waals surface area contributed by atoms with Crippen LogP contribution in [0.15, 0.2) is 0 Å². The van der Waals surface area contributed by atoms with E-state index in [-0.39, 0.29) is 5.91 Å². The van der Waals surface area contributed by atoms with Crippen molar-refractivity contribution in [1.29, 1.82) is 0 Å². The van der Waals surface area contributed by atoms with Crippen molar-refractivity contribution in [2.75, 3.05) is 0 Å². The number of unbranched alkanes of at least 4 members (excludes halogenated alkanes) is 20. The van der Waals surface area contributed by atoms with Crippen LogP contribution in [-0.4, -0.2) is 17.0 Å². The molecule has 0 aromatic heterocycles. The minimum Gasteiger partial charge on any atom is -0.481 e. The number of nitrogens with two attached hydrogens (primary N) is 1. The summed E-state index contributed by atoms with van der Waals surface area (Å²) in [6, 6.07) is 0. The summed E-state index contributed by atoms with van der Waals surface area (Å²) < 4.78 is 0. The highest BCUT2D eigenvalue weighted by atomic mass is 16.4. The van der Waals surface area contributed by atoms with Gasteiger partial charge in [0.05, 0.1) is 0 Å². The van der Waals surface area contributed by atoms with Gasteiger partial charge < -0.3 is 10.8 Å². The van der Waals surface area contributed by atoms with Gasteiger partial charge in [-0.2, -0.15) is 0 Å². The summed E-state index contributed by atoms with van der Waals surface area (Å²) in [6.45, 7) is 0. The topological polar surface area (TPSA) is 80.4 Å². The maximum absolute atomic E-state index is 10.6. The van der Waals surface area contributed by atoms with E-state index in [1.807, 2.05) is 0 Å². The lowest BCUT2D eigenvalue weighted by Gasteiger charge is -2.04. The number of carboxylic acids is 1.